The smallest absolute Gasteiger partial charge is 0.359 e. The molecule has 0 unspecified atom stereocenters. The second-order valence-corrected chi connectivity index (χ2v) is 5.92. The largest absolute Gasteiger partial charge is 0.451 e. The molecule has 9 heteroatoms. The molecule has 6 nitrogen and oxygen atoms in total. The number of hydrogen-bond donors (Lipinski definition) is 1. The average Bonchev–Trinajstić information content (AvgIpc) is 2.54. The Bertz CT molecular complexity index is 604. The number of nitrogens with two attached hydrogens (primary N) is 1. The van der Waals surface area contributed by atoms with Crippen LogP contribution in [-0.4, -0.2) is 41.5 Å². The predicted octanol–water partition coefficient (Wildman–Crippen LogP) is 2.79. The van der Waals surface area contributed by atoms with Gasteiger partial charge in [-0.15, -0.1) is 0 Å². The van der Waals surface area contributed by atoms with Crippen molar-refractivity contribution in [3.63, 3.8) is 0 Å². The standard InChI is InChI=1S/C13H14Cl3N3O3/c14-8-10(17)9(15)12(16)18-11(8)13(21)22-6-7(20)19-4-2-1-3-5-19/h1-6H2,(H2,17,18). The van der Waals surface area contributed by atoms with Gasteiger partial charge in [-0.3, -0.25) is 4.79 Å². The van der Waals surface area contributed by atoms with Crippen LogP contribution in [0.15, 0.2) is 0 Å². The van der Waals surface area contributed by atoms with Gasteiger partial charge in [0.2, 0.25) is 0 Å². The van der Waals surface area contributed by atoms with Gasteiger partial charge < -0.3 is 15.4 Å². The van der Waals surface area contributed by atoms with Crippen LogP contribution in [-0.2, 0) is 9.53 Å². The highest BCUT2D eigenvalue weighted by atomic mass is 35.5. The van der Waals surface area contributed by atoms with E-state index < -0.39 is 5.97 Å². The summed E-state index contributed by atoms with van der Waals surface area (Å²) in [7, 11) is 0. The van der Waals surface area contributed by atoms with E-state index in [0.29, 0.717) is 13.1 Å². The molecule has 1 aliphatic rings. The Labute approximate surface area is 142 Å². The van der Waals surface area contributed by atoms with Gasteiger partial charge in [0.15, 0.2) is 17.5 Å². The number of aromatic nitrogens is 1. The van der Waals surface area contributed by atoms with Crippen molar-refractivity contribution in [1.82, 2.24) is 9.88 Å². The Balaban J connectivity index is 2.02. The fraction of sp³-hybridized carbons (Fsp3) is 0.462. The summed E-state index contributed by atoms with van der Waals surface area (Å²) < 4.78 is 4.94. The summed E-state index contributed by atoms with van der Waals surface area (Å²) in [6, 6.07) is 0. The van der Waals surface area contributed by atoms with Gasteiger partial charge in [0.05, 0.1) is 10.7 Å². The molecule has 22 heavy (non-hydrogen) atoms. The third kappa shape index (κ3) is 3.74. The fourth-order valence-corrected chi connectivity index (χ4v) is 2.68. The Morgan fingerprint density at radius 2 is 1.77 bits per heavy atom. The first-order valence-electron chi connectivity index (χ1n) is 6.66. The molecule has 0 aliphatic carbocycles. The minimum absolute atomic E-state index is 0.0346. The number of carbonyl (C=O) groups is 2. The Morgan fingerprint density at radius 1 is 1.14 bits per heavy atom. The van der Waals surface area contributed by atoms with Crippen LogP contribution in [0.5, 0.6) is 0 Å². The molecule has 0 radical (unpaired) electrons. The zero-order valence-corrected chi connectivity index (χ0v) is 13.8. The van der Waals surface area contributed by atoms with Gasteiger partial charge in [0, 0.05) is 13.1 Å². The molecule has 2 heterocycles. The van der Waals surface area contributed by atoms with E-state index in [4.69, 9.17) is 45.3 Å². The van der Waals surface area contributed by atoms with Crippen LogP contribution in [0.2, 0.25) is 15.2 Å². The minimum atomic E-state index is -0.874. The molecular formula is C13H14Cl3N3O3. The zero-order chi connectivity index (χ0) is 16.3. The Hall–Kier alpha value is -1.24. The topological polar surface area (TPSA) is 85.5 Å². The minimum Gasteiger partial charge on any atom is -0.451 e. The molecule has 0 spiro atoms. The van der Waals surface area contributed by atoms with Crippen molar-refractivity contribution in [1.29, 1.82) is 0 Å². The summed E-state index contributed by atoms with van der Waals surface area (Å²) in [5, 5.41) is -0.338. The van der Waals surface area contributed by atoms with Crippen molar-refractivity contribution < 1.29 is 14.3 Å². The van der Waals surface area contributed by atoms with E-state index in [-0.39, 0.29) is 39.1 Å². The lowest BCUT2D eigenvalue weighted by Gasteiger charge is -2.26. The molecule has 0 atom stereocenters. The number of carbonyl (C=O) groups excluding carboxylic acids is 2. The number of anilines is 1. The third-order valence-electron chi connectivity index (χ3n) is 3.30. The van der Waals surface area contributed by atoms with Crippen molar-refractivity contribution in [3.05, 3.63) is 20.9 Å². The van der Waals surface area contributed by atoms with Crippen LogP contribution in [0.4, 0.5) is 5.69 Å². The van der Waals surface area contributed by atoms with E-state index in [1.807, 2.05) is 0 Å². The molecular weight excluding hydrogens is 353 g/mol. The maximum atomic E-state index is 12.0. The van der Waals surface area contributed by atoms with Gasteiger partial charge in [0.25, 0.3) is 5.91 Å². The number of nitrogens with zero attached hydrogens (tertiary/aromatic N) is 2. The van der Waals surface area contributed by atoms with Gasteiger partial charge in [-0.1, -0.05) is 34.8 Å². The van der Waals surface area contributed by atoms with Crippen LogP contribution in [0, 0.1) is 0 Å². The molecule has 0 bridgehead atoms. The number of likely N-dealkylation sites (tertiary alicyclic amines) is 1. The van der Waals surface area contributed by atoms with Crippen molar-refractivity contribution >= 4 is 52.4 Å². The van der Waals surface area contributed by atoms with Crippen LogP contribution in [0.1, 0.15) is 29.8 Å². The van der Waals surface area contributed by atoms with Crippen LogP contribution >= 0.6 is 34.8 Å². The lowest BCUT2D eigenvalue weighted by molar-refractivity contribution is -0.135. The molecule has 1 saturated heterocycles. The fourth-order valence-electron chi connectivity index (χ4n) is 2.10. The first-order valence-corrected chi connectivity index (χ1v) is 7.80. The number of amides is 1. The highest BCUT2D eigenvalue weighted by Gasteiger charge is 2.23. The summed E-state index contributed by atoms with van der Waals surface area (Å²) in [5.74, 6) is -1.13. The van der Waals surface area contributed by atoms with Gasteiger partial charge in [-0.2, -0.15) is 0 Å². The monoisotopic (exact) mass is 365 g/mol. The molecule has 2 N–H and O–H groups in total. The van der Waals surface area contributed by atoms with E-state index in [2.05, 4.69) is 4.98 Å². The first kappa shape index (κ1) is 17.1. The third-order valence-corrected chi connectivity index (χ3v) is 4.44. The number of pyridine rings is 1. The molecule has 1 amide bonds. The van der Waals surface area contributed by atoms with Crippen molar-refractivity contribution in [2.45, 2.75) is 19.3 Å². The highest BCUT2D eigenvalue weighted by Crippen LogP contribution is 2.34. The van der Waals surface area contributed by atoms with Crippen LogP contribution in [0.25, 0.3) is 0 Å². The number of piperidine rings is 1. The first-order chi connectivity index (χ1) is 10.4. The van der Waals surface area contributed by atoms with E-state index in [1.54, 1.807) is 4.90 Å². The Morgan fingerprint density at radius 3 is 2.41 bits per heavy atom. The second kappa shape index (κ2) is 7.35. The van der Waals surface area contributed by atoms with Crippen molar-refractivity contribution in [3.8, 4) is 0 Å². The van der Waals surface area contributed by atoms with Crippen LogP contribution < -0.4 is 5.73 Å². The zero-order valence-electron chi connectivity index (χ0n) is 11.6. The lowest BCUT2D eigenvalue weighted by Crippen LogP contribution is -2.38. The molecule has 1 fully saturated rings. The van der Waals surface area contributed by atoms with Gasteiger partial charge in [-0.25, -0.2) is 9.78 Å². The quantitative estimate of drug-likeness (QED) is 0.656. The van der Waals surface area contributed by atoms with E-state index in [1.165, 1.54) is 0 Å². The van der Waals surface area contributed by atoms with Gasteiger partial charge in [0.1, 0.15) is 5.02 Å². The predicted molar refractivity (Wildman–Crippen MR) is 84.4 cm³/mol. The molecule has 2 rings (SSSR count). The van der Waals surface area contributed by atoms with Crippen molar-refractivity contribution in [2.75, 3.05) is 25.4 Å². The molecule has 120 valence electrons. The molecule has 1 aromatic heterocycles. The normalized spacial score (nSPS) is 14.8. The number of esters is 1. The number of nitrogen functional groups attached to an aromatic ring is 1. The molecule has 1 aromatic rings. The molecule has 0 aromatic carbocycles. The molecule has 0 saturated carbocycles. The number of rotatable bonds is 3. The summed E-state index contributed by atoms with van der Waals surface area (Å²) in [5.41, 5.74) is 5.30. The molecule has 1 aliphatic heterocycles. The number of ether oxygens (including phenoxy) is 1. The lowest BCUT2D eigenvalue weighted by atomic mass is 10.1. The number of hydrogen-bond acceptors (Lipinski definition) is 5. The SMILES string of the molecule is Nc1c(Cl)c(Cl)nc(C(=O)OCC(=O)N2CCCCC2)c1Cl. The average molecular weight is 367 g/mol. The summed E-state index contributed by atoms with van der Waals surface area (Å²) in [4.78, 5) is 29.3. The van der Waals surface area contributed by atoms with Gasteiger partial charge >= 0.3 is 5.97 Å². The van der Waals surface area contributed by atoms with E-state index in [0.717, 1.165) is 19.3 Å². The summed E-state index contributed by atoms with van der Waals surface area (Å²) in [6.45, 7) is 0.973. The summed E-state index contributed by atoms with van der Waals surface area (Å²) >= 11 is 17.4. The maximum Gasteiger partial charge on any atom is 0.359 e. The van der Waals surface area contributed by atoms with E-state index in [9.17, 15) is 9.59 Å². The maximum absolute atomic E-state index is 12.0. The second-order valence-electron chi connectivity index (χ2n) is 4.81. The highest BCUT2D eigenvalue weighted by molar-refractivity contribution is 6.46. The summed E-state index contributed by atoms with van der Waals surface area (Å²) in [6.07, 6.45) is 3.01. The van der Waals surface area contributed by atoms with Crippen LogP contribution in [0.3, 0.4) is 0 Å². The van der Waals surface area contributed by atoms with Gasteiger partial charge in [-0.05, 0) is 19.3 Å². The Kier molecular flexibility index (Phi) is 5.72. The van der Waals surface area contributed by atoms with E-state index >= 15 is 0 Å². The number of halogens is 3. The van der Waals surface area contributed by atoms with Crippen molar-refractivity contribution in [2.24, 2.45) is 0 Å².